The first-order valence-electron chi connectivity index (χ1n) is 30.0. The lowest BCUT2D eigenvalue weighted by Gasteiger charge is -2.42. The zero-order valence-electron chi connectivity index (χ0n) is 47.2. The highest BCUT2D eigenvalue weighted by atomic mass is 16.7. The molecule has 0 aromatic rings. The predicted octanol–water partition coefficient (Wildman–Crippen LogP) is 11.0. The quantitative estimate of drug-likeness (QED) is 0.0172. The van der Waals surface area contributed by atoms with Crippen molar-refractivity contribution >= 4 is 5.97 Å². The van der Waals surface area contributed by atoms with E-state index in [0.717, 1.165) is 70.6 Å². The van der Waals surface area contributed by atoms with Gasteiger partial charge in [0.25, 0.3) is 0 Å². The first-order valence-corrected chi connectivity index (χ1v) is 30.0. The van der Waals surface area contributed by atoms with Gasteiger partial charge in [-0.05, 0) is 64.2 Å². The fourth-order valence-corrected chi connectivity index (χ4v) is 9.17. The van der Waals surface area contributed by atoms with Gasteiger partial charge in [-0.2, -0.15) is 0 Å². The Kier molecular flexibility index (Phi) is 44.2. The molecule has 0 saturated carbocycles. The Labute approximate surface area is 459 Å². The van der Waals surface area contributed by atoms with Gasteiger partial charge in [0.1, 0.15) is 54.9 Å². The molecular formula is C62H108O14. The second-order valence-electron chi connectivity index (χ2n) is 20.8. The van der Waals surface area contributed by atoms with Gasteiger partial charge in [0.2, 0.25) is 0 Å². The maximum atomic E-state index is 13.1. The van der Waals surface area contributed by atoms with Gasteiger partial charge in [-0.1, -0.05) is 215 Å². The van der Waals surface area contributed by atoms with Gasteiger partial charge in [0, 0.05) is 13.0 Å². The van der Waals surface area contributed by atoms with Crippen molar-refractivity contribution in [1.82, 2.24) is 0 Å². The van der Waals surface area contributed by atoms with E-state index in [4.69, 9.17) is 28.4 Å². The van der Waals surface area contributed by atoms with E-state index < -0.39 is 86.7 Å². The molecule has 0 aliphatic carbocycles. The predicted molar refractivity (Wildman–Crippen MR) is 302 cm³/mol. The summed E-state index contributed by atoms with van der Waals surface area (Å²) in [6, 6.07) is 0. The Morgan fingerprint density at radius 2 is 0.855 bits per heavy atom. The van der Waals surface area contributed by atoms with Crippen LogP contribution < -0.4 is 0 Å². The van der Waals surface area contributed by atoms with Crippen LogP contribution in [0.2, 0.25) is 0 Å². The van der Waals surface area contributed by atoms with Gasteiger partial charge in [0.15, 0.2) is 12.6 Å². The van der Waals surface area contributed by atoms with Crippen molar-refractivity contribution in [1.29, 1.82) is 0 Å². The molecule has 2 rings (SSSR count). The first-order chi connectivity index (χ1) is 37.1. The zero-order valence-corrected chi connectivity index (χ0v) is 47.2. The van der Waals surface area contributed by atoms with Crippen molar-refractivity contribution in [2.24, 2.45) is 0 Å². The fraction of sp³-hybridized carbons (Fsp3) is 0.790. The highest BCUT2D eigenvalue weighted by molar-refractivity contribution is 5.69. The molecule has 7 N–H and O–H groups in total. The van der Waals surface area contributed by atoms with Gasteiger partial charge in [-0.3, -0.25) is 4.79 Å². The molecule has 0 aromatic heterocycles. The van der Waals surface area contributed by atoms with E-state index in [0.29, 0.717) is 13.0 Å². The second kappa shape index (κ2) is 48.3. The Morgan fingerprint density at radius 3 is 1.32 bits per heavy atom. The minimum atomic E-state index is -1.72. The summed E-state index contributed by atoms with van der Waals surface area (Å²) in [6.45, 7) is 3.54. The van der Waals surface area contributed by atoms with Crippen LogP contribution in [0.3, 0.4) is 0 Å². The SMILES string of the molecule is CC/C=C\C/C=C\C/C=C\C/C=C\C/C=C\C/C=C\CCCCC(=O)OC(COCCCCCCCCCCCCCCCCCCCCCCC)COC1OC(COC2OC(CO)C(O)C(O)C2O)C(O)C(O)C1O. The van der Waals surface area contributed by atoms with E-state index in [1.807, 2.05) is 0 Å². The van der Waals surface area contributed by atoms with Crippen molar-refractivity contribution < 1.29 is 69.0 Å². The lowest BCUT2D eigenvalue weighted by atomic mass is 9.98. The minimum absolute atomic E-state index is 0.0428. The van der Waals surface area contributed by atoms with Crippen LogP contribution in [0.15, 0.2) is 72.9 Å². The average molecular weight is 1080 g/mol. The molecule has 440 valence electrons. The summed E-state index contributed by atoms with van der Waals surface area (Å²) in [5.74, 6) is -0.416. The smallest absolute Gasteiger partial charge is 0.306 e. The number of ether oxygens (including phenoxy) is 6. The molecule has 0 aromatic carbocycles. The normalized spacial score (nSPS) is 25.0. The minimum Gasteiger partial charge on any atom is -0.457 e. The van der Waals surface area contributed by atoms with E-state index in [2.05, 4.69) is 86.8 Å². The van der Waals surface area contributed by atoms with E-state index in [1.165, 1.54) is 116 Å². The number of unbranched alkanes of at least 4 members (excludes halogenated alkanes) is 22. The first kappa shape index (κ1) is 69.5. The van der Waals surface area contributed by atoms with Crippen molar-refractivity contribution in [3.8, 4) is 0 Å². The summed E-state index contributed by atoms with van der Waals surface area (Å²) >= 11 is 0. The summed E-state index contributed by atoms with van der Waals surface area (Å²) in [7, 11) is 0. The molecule has 2 fully saturated rings. The Bertz CT molecular complexity index is 1530. The van der Waals surface area contributed by atoms with Crippen LogP contribution >= 0.6 is 0 Å². The lowest BCUT2D eigenvalue weighted by Crippen LogP contribution is -2.61. The highest BCUT2D eigenvalue weighted by Gasteiger charge is 2.47. The van der Waals surface area contributed by atoms with Crippen molar-refractivity contribution in [3.05, 3.63) is 72.9 Å². The molecule has 0 radical (unpaired) electrons. The van der Waals surface area contributed by atoms with Crippen LogP contribution in [0, 0.1) is 0 Å². The standard InChI is InChI=1S/C62H108O14/c1-3-5-7-9-11-13-15-17-19-21-23-25-27-29-31-33-35-37-39-41-43-45-54(64)74-51(48-71-46-44-42-40-38-36-34-32-30-28-26-24-22-20-18-16-14-12-10-8-6-4-2)49-72-61-60(70)58(68)56(66)53(76-61)50-73-62-59(69)57(67)55(65)52(47-63)75-62/h5,7,11,13,17,19,23,25,29,31,35,37,51-53,55-63,65-70H,3-4,6,8-10,12,14-16,18,20-22,24,26-28,30,32-34,36,38-50H2,1-2H3/b7-5-,13-11-,19-17-,25-23-,31-29-,37-35-. The number of aliphatic hydroxyl groups excluding tert-OH is 7. The topological polar surface area (TPSA) is 214 Å². The maximum Gasteiger partial charge on any atom is 0.306 e. The molecule has 14 nitrogen and oxygen atoms in total. The van der Waals surface area contributed by atoms with Crippen LogP contribution in [0.4, 0.5) is 0 Å². The number of carbonyl (C=O) groups is 1. The van der Waals surface area contributed by atoms with E-state index in [1.54, 1.807) is 0 Å². The third kappa shape index (κ3) is 34.4. The summed E-state index contributed by atoms with van der Waals surface area (Å²) in [4.78, 5) is 13.1. The van der Waals surface area contributed by atoms with E-state index >= 15 is 0 Å². The second-order valence-corrected chi connectivity index (χ2v) is 20.8. The Balaban J connectivity index is 1.73. The van der Waals surface area contributed by atoms with Crippen molar-refractivity contribution in [2.75, 3.05) is 33.0 Å². The molecule has 11 atom stereocenters. The van der Waals surface area contributed by atoms with Crippen LogP contribution in [0.25, 0.3) is 0 Å². The molecule has 11 unspecified atom stereocenters. The molecule has 2 aliphatic rings. The zero-order chi connectivity index (χ0) is 55.1. The highest BCUT2D eigenvalue weighted by Crippen LogP contribution is 2.27. The number of carbonyl (C=O) groups excluding carboxylic acids is 1. The van der Waals surface area contributed by atoms with E-state index in [-0.39, 0.29) is 19.6 Å². The van der Waals surface area contributed by atoms with Crippen LogP contribution in [-0.2, 0) is 33.2 Å². The molecule has 0 spiro atoms. The van der Waals surface area contributed by atoms with Gasteiger partial charge < -0.3 is 64.2 Å². The van der Waals surface area contributed by atoms with Gasteiger partial charge in [-0.15, -0.1) is 0 Å². The molecular weight excluding hydrogens is 969 g/mol. The van der Waals surface area contributed by atoms with Crippen molar-refractivity contribution in [2.45, 2.75) is 280 Å². The molecule has 0 amide bonds. The monoisotopic (exact) mass is 1080 g/mol. The number of hydrogen-bond donors (Lipinski definition) is 7. The molecule has 0 bridgehead atoms. The van der Waals surface area contributed by atoms with Crippen LogP contribution in [-0.4, -0.2) is 142 Å². The summed E-state index contributed by atoms with van der Waals surface area (Å²) in [5, 5.41) is 72.4. The Hall–Kier alpha value is -2.57. The number of rotatable bonds is 48. The molecule has 2 aliphatic heterocycles. The Morgan fingerprint density at radius 1 is 0.447 bits per heavy atom. The van der Waals surface area contributed by atoms with Gasteiger partial charge in [-0.25, -0.2) is 0 Å². The molecule has 14 heteroatoms. The van der Waals surface area contributed by atoms with Crippen molar-refractivity contribution in [3.63, 3.8) is 0 Å². The average Bonchev–Trinajstić information content (AvgIpc) is 3.42. The van der Waals surface area contributed by atoms with Crippen LogP contribution in [0.5, 0.6) is 0 Å². The molecule has 2 heterocycles. The fourth-order valence-electron chi connectivity index (χ4n) is 9.17. The van der Waals surface area contributed by atoms with Gasteiger partial charge in [0.05, 0.1) is 26.4 Å². The maximum absolute atomic E-state index is 13.1. The number of esters is 1. The number of allylic oxidation sites excluding steroid dienone is 12. The largest absolute Gasteiger partial charge is 0.457 e. The molecule has 2 saturated heterocycles. The van der Waals surface area contributed by atoms with E-state index in [9.17, 15) is 40.5 Å². The summed E-state index contributed by atoms with van der Waals surface area (Å²) < 4.78 is 34.4. The summed E-state index contributed by atoms with van der Waals surface area (Å²) in [6.07, 6.45) is 45.4. The number of aliphatic hydroxyl groups is 7. The molecule has 76 heavy (non-hydrogen) atoms. The third-order valence-corrected chi connectivity index (χ3v) is 14.0. The summed E-state index contributed by atoms with van der Waals surface area (Å²) in [5.41, 5.74) is 0. The lowest BCUT2D eigenvalue weighted by molar-refractivity contribution is -0.332. The van der Waals surface area contributed by atoms with Crippen LogP contribution in [0.1, 0.15) is 213 Å². The number of hydrogen-bond acceptors (Lipinski definition) is 14. The van der Waals surface area contributed by atoms with Gasteiger partial charge >= 0.3 is 5.97 Å². The third-order valence-electron chi connectivity index (χ3n) is 14.0.